The van der Waals surface area contributed by atoms with Gasteiger partial charge in [-0.15, -0.1) is 5.10 Å². The number of ether oxygens (including phenoxy) is 1. The molecular weight excluding hydrogens is 620 g/mol. The van der Waals surface area contributed by atoms with Gasteiger partial charge in [0.15, 0.2) is 17.7 Å². The first-order valence-electron chi connectivity index (χ1n) is 16.0. The van der Waals surface area contributed by atoms with E-state index < -0.39 is 12.1 Å². The number of hydrogen-bond acceptors (Lipinski definition) is 9. The van der Waals surface area contributed by atoms with E-state index in [2.05, 4.69) is 37.5 Å². The fraction of sp³-hybridized carbons (Fsp3) is 0.243. The largest absolute Gasteiger partial charge is 0.478 e. The number of aldehydes is 1. The monoisotopic (exact) mass is 658 g/mol. The van der Waals surface area contributed by atoms with E-state index in [0.717, 1.165) is 46.9 Å². The molecule has 2 N–H and O–H groups in total. The number of tetrazole rings is 1. The third-order valence-corrected chi connectivity index (χ3v) is 7.98. The van der Waals surface area contributed by atoms with E-state index in [1.54, 1.807) is 11.9 Å². The molecule has 5 rings (SSSR count). The number of hydrogen-bond donors (Lipinski definition) is 2. The van der Waals surface area contributed by atoms with Crippen molar-refractivity contribution in [3.63, 3.8) is 0 Å². The van der Waals surface area contributed by atoms with Gasteiger partial charge in [-0.25, -0.2) is 24.9 Å². The van der Waals surface area contributed by atoms with Crippen molar-refractivity contribution in [1.29, 1.82) is 0 Å². The van der Waals surface area contributed by atoms with Crippen molar-refractivity contribution in [3.8, 4) is 28.3 Å². The first-order chi connectivity index (χ1) is 23.9. The van der Waals surface area contributed by atoms with Gasteiger partial charge < -0.3 is 14.7 Å². The number of unbranched alkanes of at least 4 members (excludes halogenated alkanes) is 1. The van der Waals surface area contributed by atoms with Crippen molar-refractivity contribution in [3.05, 3.63) is 114 Å². The normalized spacial score (nSPS) is 12.6. The molecule has 0 amide bonds. The number of anilines is 1. The van der Waals surface area contributed by atoms with Gasteiger partial charge in [0.05, 0.1) is 12.4 Å². The molecule has 0 aliphatic carbocycles. The highest BCUT2D eigenvalue weighted by atomic mass is 16.5. The van der Waals surface area contributed by atoms with Gasteiger partial charge in [-0.3, -0.25) is 4.79 Å². The summed E-state index contributed by atoms with van der Waals surface area (Å²) in [7, 11) is 1.79. The SMILES string of the molecule is CCCCC(/N=C(/C)N(C)c1ncc(OC(Cc2ccccc2)C(=O)O)cn1)=C(/C=O)Cc1ccc(-c2ccccc2-c2nnn[nH]2)cc1. The van der Waals surface area contributed by atoms with Crippen LogP contribution in [0.15, 0.2) is 108 Å². The Labute approximate surface area is 284 Å². The number of carboxylic acids is 1. The standard InChI is InChI=1S/C37H38N8O4/c1-4-5-15-33(29(24-46)20-27-16-18-28(19-17-27)31-13-9-10-14-32(31)35-41-43-44-42-35)40-25(2)45(3)37-38-22-30(23-39-37)49-34(36(47)48)21-26-11-7-6-8-12-26/h6-14,16-19,22-24,34H,4-5,15,20-21H2,1-3H3,(H,47,48)(H,41,42,43,44)/b33-29-,40-25-. The number of rotatable bonds is 15. The van der Waals surface area contributed by atoms with Crippen LogP contribution < -0.4 is 9.64 Å². The van der Waals surface area contributed by atoms with Crippen molar-refractivity contribution in [2.45, 2.75) is 52.1 Å². The van der Waals surface area contributed by atoms with Crippen molar-refractivity contribution in [2.24, 2.45) is 4.99 Å². The number of nitrogens with one attached hydrogen (secondary N) is 1. The average Bonchev–Trinajstić information content (AvgIpc) is 3.68. The summed E-state index contributed by atoms with van der Waals surface area (Å²) in [5, 5.41) is 24.0. The van der Waals surface area contributed by atoms with Crippen molar-refractivity contribution in [1.82, 2.24) is 30.6 Å². The van der Waals surface area contributed by atoms with Crippen LogP contribution in [0.4, 0.5) is 5.95 Å². The van der Waals surface area contributed by atoms with E-state index in [0.29, 0.717) is 41.7 Å². The predicted molar refractivity (Wildman–Crippen MR) is 187 cm³/mol. The Balaban J connectivity index is 1.31. The van der Waals surface area contributed by atoms with Gasteiger partial charge >= 0.3 is 5.97 Å². The van der Waals surface area contributed by atoms with Gasteiger partial charge in [-0.05, 0) is 52.4 Å². The Bertz CT molecular complexity index is 1890. The number of aromatic nitrogens is 6. The lowest BCUT2D eigenvalue weighted by Crippen LogP contribution is -2.30. The molecule has 0 saturated heterocycles. The second-order valence-electron chi connectivity index (χ2n) is 11.4. The Morgan fingerprint density at radius 3 is 2.31 bits per heavy atom. The lowest BCUT2D eigenvalue weighted by Gasteiger charge is -2.19. The predicted octanol–water partition coefficient (Wildman–Crippen LogP) is 6.14. The quantitative estimate of drug-likeness (QED) is 0.0579. The number of carbonyl (C=O) groups is 2. The maximum absolute atomic E-state index is 12.4. The van der Waals surface area contributed by atoms with Gasteiger partial charge in [-0.1, -0.05) is 92.2 Å². The van der Waals surface area contributed by atoms with Gasteiger partial charge in [0.2, 0.25) is 5.95 Å². The lowest BCUT2D eigenvalue weighted by molar-refractivity contribution is -0.145. The zero-order valence-corrected chi connectivity index (χ0v) is 27.7. The fourth-order valence-electron chi connectivity index (χ4n) is 5.21. The van der Waals surface area contributed by atoms with Crippen LogP contribution in [-0.2, 0) is 22.4 Å². The molecule has 0 aliphatic heterocycles. The summed E-state index contributed by atoms with van der Waals surface area (Å²) in [6.45, 7) is 3.93. The van der Waals surface area contributed by atoms with Crippen LogP contribution in [-0.4, -0.2) is 66.9 Å². The van der Waals surface area contributed by atoms with Crippen LogP contribution in [0.1, 0.15) is 44.2 Å². The maximum atomic E-state index is 12.4. The van der Waals surface area contributed by atoms with E-state index >= 15 is 0 Å². The van der Waals surface area contributed by atoms with E-state index in [1.165, 1.54) is 12.4 Å². The smallest absolute Gasteiger partial charge is 0.345 e. The zero-order valence-electron chi connectivity index (χ0n) is 27.7. The number of aromatic amines is 1. The topological polar surface area (TPSA) is 159 Å². The Morgan fingerprint density at radius 1 is 0.980 bits per heavy atom. The number of carboxylic acid groups (broad SMARTS) is 1. The number of aliphatic carboxylic acids is 1. The second kappa shape index (κ2) is 16.7. The van der Waals surface area contributed by atoms with E-state index in [4.69, 9.17) is 9.73 Å². The highest BCUT2D eigenvalue weighted by Crippen LogP contribution is 2.30. The molecule has 1 unspecified atom stereocenters. The summed E-state index contributed by atoms with van der Waals surface area (Å²) >= 11 is 0. The lowest BCUT2D eigenvalue weighted by atomic mass is 9.96. The van der Waals surface area contributed by atoms with E-state index in [1.807, 2.05) is 85.8 Å². The minimum Gasteiger partial charge on any atom is -0.478 e. The van der Waals surface area contributed by atoms with E-state index in [-0.39, 0.29) is 12.2 Å². The van der Waals surface area contributed by atoms with Crippen molar-refractivity contribution >= 4 is 24.0 Å². The molecule has 12 heteroatoms. The Kier molecular flexibility index (Phi) is 11.7. The molecule has 0 fully saturated rings. The molecule has 49 heavy (non-hydrogen) atoms. The third-order valence-electron chi connectivity index (χ3n) is 7.98. The van der Waals surface area contributed by atoms with Gasteiger partial charge in [0.1, 0.15) is 12.1 Å². The molecule has 0 radical (unpaired) electrons. The summed E-state index contributed by atoms with van der Waals surface area (Å²) in [5.41, 5.74) is 6.01. The molecule has 3 aromatic carbocycles. The molecule has 250 valence electrons. The van der Waals surface area contributed by atoms with Crippen LogP contribution in [0.25, 0.3) is 22.5 Å². The van der Waals surface area contributed by atoms with Crippen LogP contribution in [0.3, 0.4) is 0 Å². The summed E-state index contributed by atoms with van der Waals surface area (Å²) in [6, 6.07) is 25.3. The average molecular weight is 659 g/mol. The van der Waals surface area contributed by atoms with Crippen LogP contribution in [0.2, 0.25) is 0 Å². The molecule has 0 bridgehead atoms. The van der Waals surface area contributed by atoms with Gasteiger partial charge in [0.25, 0.3) is 0 Å². The van der Waals surface area contributed by atoms with Crippen molar-refractivity contribution < 1.29 is 19.4 Å². The van der Waals surface area contributed by atoms with Gasteiger partial charge in [0, 0.05) is 36.7 Å². The highest BCUT2D eigenvalue weighted by molar-refractivity contribution is 5.95. The van der Waals surface area contributed by atoms with Crippen LogP contribution >= 0.6 is 0 Å². The number of aliphatic imine (C=N–C) groups is 1. The fourth-order valence-corrected chi connectivity index (χ4v) is 5.21. The first kappa shape index (κ1) is 34.3. The summed E-state index contributed by atoms with van der Waals surface area (Å²) in [5.74, 6) is 0.701. The molecule has 12 nitrogen and oxygen atoms in total. The minimum atomic E-state index is -1.09. The molecule has 0 saturated carbocycles. The molecule has 5 aromatic rings. The number of nitrogens with zero attached hydrogens (tertiary/aromatic N) is 7. The molecule has 0 aliphatic rings. The van der Waals surface area contributed by atoms with Crippen LogP contribution in [0.5, 0.6) is 5.75 Å². The summed E-state index contributed by atoms with van der Waals surface area (Å²) < 4.78 is 5.71. The third kappa shape index (κ3) is 9.07. The molecular formula is C37H38N8O4. The number of amidine groups is 1. The van der Waals surface area contributed by atoms with E-state index in [9.17, 15) is 14.7 Å². The number of carbonyl (C=O) groups excluding carboxylic acids is 1. The highest BCUT2D eigenvalue weighted by Gasteiger charge is 2.21. The molecule has 2 heterocycles. The molecule has 1 atom stereocenters. The van der Waals surface area contributed by atoms with Gasteiger partial charge in [-0.2, -0.15) is 0 Å². The number of allylic oxidation sites excluding steroid dienone is 2. The number of benzene rings is 3. The number of H-pyrrole nitrogens is 1. The maximum Gasteiger partial charge on any atom is 0.345 e. The molecule has 0 spiro atoms. The second-order valence-corrected chi connectivity index (χ2v) is 11.4. The summed E-state index contributed by atoms with van der Waals surface area (Å²) in [6.07, 6.45) is 5.77. The van der Waals surface area contributed by atoms with Crippen LogP contribution in [0, 0.1) is 0 Å². The summed E-state index contributed by atoms with van der Waals surface area (Å²) in [4.78, 5) is 39.7. The molecule has 2 aromatic heterocycles. The Morgan fingerprint density at radius 2 is 1.67 bits per heavy atom. The minimum absolute atomic E-state index is 0.204. The Hall–Kier alpha value is -6.04. The van der Waals surface area contributed by atoms with Crippen molar-refractivity contribution in [2.75, 3.05) is 11.9 Å². The first-order valence-corrected chi connectivity index (χ1v) is 16.0. The zero-order chi connectivity index (χ0) is 34.6.